The molecule has 106 valence electrons. The molecule has 3 heteroatoms. The van der Waals surface area contributed by atoms with Crippen molar-refractivity contribution in [1.82, 2.24) is 4.90 Å². The van der Waals surface area contributed by atoms with E-state index in [1.54, 1.807) is 12.1 Å². The first-order valence-corrected chi connectivity index (χ1v) is 7.24. The Labute approximate surface area is 115 Å². The number of hydrogen-bond donors (Lipinski definition) is 1. The van der Waals surface area contributed by atoms with E-state index in [-0.39, 0.29) is 11.9 Å². The molecule has 19 heavy (non-hydrogen) atoms. The van der Waals surface area contributed by atoms with Crippen molar-refractivity contribution >= 4 is 0 Å². The van der Waals surface area contributed by atoms with E-state index in [2.05, 4.69) is 18.7 Å². The Morgan fingerprint density at radius 3 is 2.74 bits per heavy atom. The van der Waals surface area contributed by atoms with Crippen LogP contribution in [-0.2, 0) is 0 Å². The van der Waals surface area contributed by atoms with Gasteiger partial charge in [0.2, 0.25) is 0 Å². The van der Waals surface area contributed by atoms with Crippen molar-refractivity contribution in [1.29, 1.82) is 0 Å². The average Bonchev–Trinajstić information content (AvgIpc) is 2.34. The van der Waals surface area contributed by atoms with Crippen molar-refractivity contribution < 1.29 is 4.39 Å². The number of rotatable bonds is 3. The average molecular weight is 264 g/mol. The Balaban J connectivity index is 2.24. The van der Waals surface area contributed by atoms with E-state index in [9.17, 15) is 4.39 Å². The third-order valence-corrected chi connectivity index (χ3v) is 4.40. The molecule has 0 aliphatic carbocycles. The highest BCUT2D eigenvalue weighted by Gasteiger charge is 2.29. The van der Waals surface area contributed by atoms with Crippen LogP contribution in [0.5, 0.6) is 0 Å². The highest BCUT2D eigenvalue weighted by Crippen LogP contribution is 2.31. The first-order valence-electron chi connectivity index (χ1n) is 7.24. The monoisotopic (exact) mass is 264 g/mol. The number of nitrogens with zero attached hydrogens (tertiary/aromatic N) is 1. The van der Waals surface area contributed by atoms with Crippen LogP contribution in [0, 0.1) is 18.7 Å². The largest absolute Gasteiger partial charge is 0.329 e. The van der Waals surface area contributed by atoms with E-state index in [1.807, 2.05) is 13.0 Å². The number of nitrogens with two attached hydrogens (primary N) is 1. The molecule has 1 saturated heterocycles. The van der Waals surface area contributed by atoms with Gasteiger partial charge in [0.05, 0.1) is 0 Å². The quantitative estimate of drug-likeness (QED) is 0.908. The first kappa shape index (κ1) is 14.5. The maximum absolute atomic E-state index is 13.2. The van der Waals surface area contributed by atoms with Crippen molar-refractivity contribution in [2.75, 3.05) is 13.1 Å². The molecule has 1 fully saturated rings. The lowest BCUT2D eigenvalue weighted by Crippen LogP contribution is -2.45. The molecule has 1 aromatic carbocycles. The third-order valence-electron chi connectivity index (χ3n) is 4.40. The number of aryl methyl sites for hydroxylation is 1. The molecule has 1 aromatic rings. The molecule has 0 saturated carbocycles. The first-order chi connectivity index (χ1) is 9.02. The van der Waals surface area contributed by atoms with Gasteiger partial charge in [0.15, 0.2) is 0 Å². The van der Waals surface area contributed by atoms with Gasteiger partial charge in [-0.1, -0.05) is 13.0 Å². The van der Waals surface area contributed by atoms with Crippen LogP contribution in [0.4, 0.5) is 4.39 Å². The topological polar surface area (TPSA) is 29.3 Å². The molecule has 1 aliphatic heterocycles. The van der Waals surface area contributed by atoms with Gasteiger partial charge in [0, 0.05) is 18.6 Å². The van der Waals surface area contributed by atoms with E-state index in [0.29, 0.717) is 12.6 Å². The molecule has 3 unspecified atom stereocenters. The fraction of sp³-hybridized carbons (Fsp3) is 0.625. The van der Waals surface area contributed by atoms with Crippen LogP contribution >= 0.6 is 0 Å². The summed E-state index contributed by atoms with van der Waals surface area (Å²) < 4.78 is 13.2. The third kappa shape index (κ3) is 3.15. The van der Waals surface area contributed by atoms with Crippen molar-refractivity contribution in [3.63, 3.8) is 0 Å². The molecule has 0 aromatic heterocycles. The van der Waals surface area contributed by atoms with E-state index in [0.717, 1.165) is 18.0 Å². The minimum absolute atomic E-state index is 0.169. The lowest BCUT2D eigenvalue weighted by atomic mass is 9.89. The molecule has 0 amide bonds. The molecule has 2 N–H and O–H groups in total. The standard InChI is InChI=1S/C16H25FN2/c1-11-6-7-19(13(3)8-11)16(10-18)15-5-4-14(17)9-12(15)2/h4-5,9,11,13,16H,6-8,10,18H2,1-3H3. The van der Waals surface area contributed by atoms with Gasteiger partial charge in [-0.25, -0.2) is 4.39 Å². The van der Waals surface area contributed by atoms with Gasteiger partial charge in [-0.3, -0.25) is 4.90 Å². The van der Waals surface area contributed by atoms with Gasteiger partial charge >= 0.3 is 0 Å². The van der Waals surface area contributed by atoms with Crippen LogP contribution in [0.3, 0.4) is 0 Å². The van der Waals surface area contributed by atoms with Crippen LogP contribution in [0.15, 0.2) is 18.2 Å². The Kier molecular flexibility index (Phi) is 4.58. The zero-order chi connectivity index (χ0) is 14.0. The summed E-state index contributed by atoms with van der Waals surface area (Å²) in [7, 11) is 0. The van der Waals surface area contributed by atoms with Gasteiger partial charge in [0.1, 0.15) is 5.82 Å². The zero-order valence-electron chi connectivity index (χ0n) is 12.2. The van der Waals surface area contributed by atoms with Crippen LogP contribution in [0.25, 0.3) is 0 Å². The predicted molar refractivity (Wildman–Crippen MR) is 77.5 cm³/mol. The lowest BCUT2D eigenvalue weighted by Gasteiger charge is -2.42. The van der Waals surface area contributed by atoms with Crippen LogP contribution in [0.2, 0.25) is 0 Å². The van der Waals surface area contributed by atoms with Gasteiger partial charge in [-0.05, 0) is 62.4 Å². The van der Waals surface area contributed by atoms with Crippen LogP contribution in [-0.4, -0.2) is 24.0 Å². The summed E-state index contributed by atoms with van der Waals surface area (Å²) >= 11 is 0. The van der Waals surface area contributed by atoms with E-state index < -0.39 is 0 Å². The summed E-state index contributed by atoms with van der Waals surface area (Å²) in [4.78, 5) is 2.49. The van der Waals surface area contributed by atoms with E-state index >= 15 is 0 Å². The Morgan fingerprint density at radius 2 is 2.16 bits per heavy atom. The summed E-state index contributed by atoms with van der Waals surface area (Å²) in [5, 5.41) is 0. The smallest absolute Gasteiger partial charge is 0.123 e. The molecule has 3 atom stereocenters. The van der Waals surface area contributed by atoms with E-state index in [1.165, 1.54) is 18.4 Å². The number of likely N-dealkylation sites (tertiary alicyclic amines) is 1. The molecule has 2 nitrogen and oxygen atoms in total. The summed E-state index contributed by atoms with van der Waals surface area (Å²) in [6.07, 6.45) is 2.44. The predicted octanol–water partition coefficient (Wildman–Crippen LogP) is 3.25. The SMILES string of the molecule is Cc1cc(F)ccc1C(CN)N1CCC(C)CC1C. The molecular formula is C16H25FN2. The van der Waals surface area contributed by atoms with Gasteiger partial charge in [0.25, 0.3) is 0 Å². The van der Waals surface area contributed by atoms with Gasteiger partial charge in [-0.15, -0.1) is 0 Å². The van der Waals surface area contributed by atoms with Crippen molar-refractivity contribution in [2.45, 2.75) is 45.7 Å². The molecule has 1 aliphatic rings. The fourth-order valence-corrected chi connectivity index (χ4v) is 3.34. The highest BCUT2D eigenvalue weighted by atomic mass is 19.1. The lowest BCUT2D eigenvalue weighted by molar-refractivity contribution is 0.0844. The number of piperidine rings is 1. The van der Waals surface area contributed by atoms with Gasteiger partial charge < -0.3 is 5.73 Å². The van der Waals surface area contributed by atoms with Crippen molar-refractivity contribution in [3.8, 4) is 0 Å². The van der Waals surface area contributed by atoms with Crippen LogP contribution in [0.1, 0.15) is 43.9 Å². The minimum Gasteiger partial charge on any atom is -0.329 e. The number of hydrogen-bond acceptors (Lipinski definition) is 2. The summed E-state index contributed by atoms with van der Waals surface area (Å²) in [5.41, 5.74) is 8.18. The Bertz CT molecular complexity index is 433. The second-order valence-electron chi connectivity index (χ2n) is 5.97. The van der Waals surface area contributed by atoms with Crippen molar-refractivity contribution in [3.05, 3.63) is 35.1 Å². The highest BCUT2D eigenvalue weighted by molar-refractivity contribution is 5.30. The molecule has 0 spiro atoms. The van der Waals surface area contributed by atoms with Crippen LogP contribution < -0.4 is 5.73 Å². The maximum Gasteiger partial charge on any atom is 0.123 e. The van der Waals surface area contributed by atoms with E-state index in [4.69, 9.17) is 5.73 Å². The molecule has 0 bridgehead atoms. The summed E-state index contributed by atoms with van der Waals surface area (Å²) in [5.74, 6) is 0.622. The molecule has 0 radical (unpaired) electrons. The van der Waals surface area contributed by atoms with Crippen molar-refractivity contribution in [2.24, 2.45) is 11.7 Å². The Hall–Kier alpha value is -0.930. The minimum atomic E-state index is -0.169. The second kappa shape index (κ2) is 6.02. The normalized spacial score (nSPS) is 26.4. The number of halogens is 1. The molecular weight excluding hydrogens is 239 g/mol. The fourth-order valence-electron chi connectivity index (χ4n) is 3.34. The summed E-state index contributed by atoms with van der Waals surface area (Å²) in [6.45, 7) is 8.23. The maximum atomic E-state index is 13.2. The molecule has 1 heterocycles. The van der Waals surface area contributed by atoms with Gasteiger partial charge in [-0.2, -0.15) is 0 Å². The number of benzene rings is 1. The second-order valence-corrected chi connectivity index (χ2v) is 5.97. The zero-order valence-corrected chi connectivity index (χ0v) is 12.2. The Morgan fingerprint density at radius 1 is 1.42 bits per heavy atom. The summed E-state index contributed by atoms with van der Waals surface area (Å²) in [6, 6.07) is 5.80. The molecule has 2 rings (SSSR count).